The van der Waals surface area contributed by atoms with Crippen LogP contribution in [-0.4, -0.2) is 42.3 Å². The van der Waals surface area contributed by atoms with E-state index in [-0.39, 0.29) is 18.7 Å². The molecule has 3 rings (SSSR count). The highest BCUT2D eigenvalue weighted by molar-refractivity contribution is 5.93. The van der Waals surface area contributed by atoms with Crippen LogP contribution >= 0.6 is 0 Å². The minimum absolute atomic E-state index is 0.113. The average molecular weight is 404 g/mol. The van der Waals surface area contributed by atoms with E-state index in [1.54, 1.807) is 48.5 Å². The Balaban J connectivity index is 1.75. The number of amides is 1. The van der Waals surface area contributed by atoms with Crippen molar-refractivity contribution in [3.05, 3.63) is 71.9 Å². The predicted octanol–water partition coefficient (Wildman–Crippen LogP) is 4.60. The van der Waals surface area contributed by atoms with Gasteiger partial charge in [0.25, 0.3) is 5.91 Å². The molecule has 0 fully saturated rings. The van der Waals surface area contributed by atoms with Crippen LogP contribution < -0.4 is 4.74 Å². The summed E-state index contributed by atoms with van der Waals surface area (Å²) in [4.78, 5) is 13.4. The van der Waals surface area contributed by atoms with Gasteiger partial charge >= 0.3 is 6.18 Å². The Morgan fingerprint density at radius 1 is 1.10 bits per heavy atom. The van der Waals surface area contributed by atoms with Crippen molar-refractivity contribution in [2.24, 2.45) is 0 Å². The highest BCUT2D eigenvalue weighted by Crippen LogP contribution is 2.23. The molecule has 0 N–H and O–H groups in total. The molecule has 1 heterocycles. The summed E-state index contributed by atoms with van der Waals surface area (Å²) in [5.74, 6) is 0.130. The third-order valence-electron chi connectivity index (χ3n) is 4.27. The number of alkyl halides is 3. The van der Waals surface area contributed by atoms with Crippen LogP contribution in [0.4, 0.5) is 13.2 Å². The van der Waals surface area contributed by atoms with E-state index in [0.717, 1.165) is 10.5 Å². The summed E-state index contributed by atoms with van der Waals surface area (Å²) in [5, 5.41) is 3.67. The van der Waals surface area contributed by atoms with Gasteiger partial charge in [0.1, 0.15) is 12.3 Å². The van der Waals surface area contributed by atoms with Crippen molar-refractivity contribution in [1.82, 2.24) is 10.1 Å². The van der Waals surface area contributed by atoms with E-state index >= 15 is 0 Å². The number of carbonyl (C=O) groups excluding carboxylic acids is 1. The number of ether oxygens (including phenoxy) is 1. The van der Waals surface area contributed by atoms with Crippen molar-refractivity contribution >= 4 is 5.91 Å². The molecule has 152 valence electrons. The van der Waals surface area contributed by atoms with Gasteiger partial charge in [0, 0.05) is 18.2 Å². The van der Waals surface area contributed by atoms with Crippen LogP contribution in [0.5, 0.6) is 5.75 Å². The molecule has 0 radical (unpaired) electrons. The topological polar surface area (TPSA) is 55.6 Å². The standard InChI is InChI=1S/C21H19F3N2O3/c1-28-17-9-7-15(8-10-17)11-12-26(14-21(22,23)24)20(27)18-13-19(29-25-18)16-5-3-2-4-6-16/h2-10,13H,11-12,14H2,1H3. The third kappa shape index (κ3) is 5.60. The number of halogens is 3. The van der Waals surface area contributed by atoms with Gasteiger partial charge in [-0.05, 0) is 24.1 Å². The van der Waals surface area contributed by atoms with Gasteiger partial charge in [-0.3, -0.25) is 4.79 Å². The molecule has 5 nitrogen and oxygen atoms in total. The zero-order chi connectivity index (χ0) is 20.9. The molecular weight excluding hydrogens is 385 g/mol. The van der Waals surface area contributed by atoms with Crippen molar-refractivity contribution in [2.45, 2.75) is 12.6 Å². The summed E-state index contributed by atoms with van der Waals surface area (Å²) >= 11 is 0. The largest absolute Gasteiger partial charge is 0.497 e. The maximum atomic E-state index is 13.0. The Morgan fingerprint density at radius 2 is 1.79 bits per heavy atom. The first-order valence-electron chi connectivity index (χ1n) is 8.87. The quantitative estimate of drug-likeness (QED) is 0.578. The van der Waals surface area contributed by atoms with E-state index in [2.05, 4.69) is 5.16 Å². The first-order chi connectivity index (χ1) is 13.9. The first-order valence-corrected chi connectivity index (χ1v) is 8.87. The number of hydrogen-bond donors (Lipinski definition) is 0. The smallest absolute Gasteiger partial charge is 0.406 e. The number of aromatic nitrogens is 1. The number of rotatable bonds is 7. The van der Waals surface area contributed by atoms with Gasteiger partial charge in [0.15, 0.2) is 11.5 Å². The lowest BCUT2D eigenvalue weighted by Crippen LogP contribution is -2.40. The molecule has 0 atom stereocenters. The molecule has 0 aliphatic rings. The molecule has 0 unspecified atom stereocenters. The van der Waals surface area contributed by atoms with E-state index < -0.39 is 18.6 Å². The molecular formula is C21H19F3N2O3. The van der Waals surface area contributed by atoms with Crippen LogP contribution in [0, 0.1) is 0 Å². The normalized spacial score (nSPS) is 11.3. The fourth-order valence-electron chi connectivity index (χ4n) is 2.80. The molecule has 1 amide bonds. The maximum absolute atomic E-state index is 13.0. The first kappa shape index (κ1) is 20.4. The molecule has 0 aliphatic heterocycles. The van der Waals surface area contributed by atoms with E-state index in [0.29, 0.717) is 17.1 Å². The van der Waals surface area contributed by atoms with Gasteiger partial charge in [-0.25, -0.2) is 0 Å². The Labute approximate surface area is 165 Å². The summed E-state index contributed by atoms with van der Waals surface area (Å²) in [7, 11) is 1.53. The van der Waals surface area contributed by atoms with Gasteiger partial charge < -0.3 is 14.2 Å². The number of hydrogen-bond acceptors (Lipinski definition) is 4. The summed E-state index contributed by atoms with van der Waals surface area (Å²) in [5.41, 5.74) is 1.30. The zero-order valence-electron chi connectivity index (χ0n) is 15.6. The van der Waals surface area contributed by atoms with Crippen molar-refractivity contribution in [1.29, 1.82) is 0 Å². The molecule has 2 aromatic carbocycles. The Morgan fingerprint density at radius 3 is 2.41 bits per heavy atom. The van der Waals surface area contributed by atoms with Crippen LogP contribution in [0.15, 0.2) is 65.2 Å². The van der Waals surface area contributed by atoms with E-state index in [1.807, 2.05) is 6.07 Å². The van der Waals surface area contributed by atoms with Gasteiger partial charge in [0.2, 0.25) is 0 Å². The second kappa shape index (κ2) is 8.81. The van der Waals surface area contributed by atoms with Crippen molar-refractivity contribution in [2.75, 3.05) is 20.2 Å². The van der Waals surface area contributed by atoms with Crippen LogP contribution in [0.3, 0.4) is 0 Å². The molecule has 0 aliphatic carbocycles. The lowest BCUT2D eigenvalue weighted by molar-refractivity contribution is -0.140. The van der Waals surface area contributed by atoms with Gasteiger partial charge in [0.05, 0.1) is 7.11 Å². The molecule has 0 saturated carbocycles. The Kier molecular flexibility index (Phi) is 6.21. The average Bonchev–Trinajstić information content (AvgIpc) is 3.21. The van der Waals surface area contributed by atoms with Crippen LogP contribution in [0.2, 0.25) is 0 Å². The fourth-order valence-corrected chi connectivity index (χ4v) is 2.80. The van der Waals surface area contributed by atoms with E-state index in [4.69, 9.17) is 9.26 Å². The highest BCUT2D eigenvalue weighted by atomic mass is 19.4. The summed E-state index contributed by atoms with van der Waals surface area (Å²) in [6.07, 6.45) is -4.27. The maximum Gasteiger partial charge on any atom is 0.406 e. The van der Waals surface area contributed by atoms with Crippen LogP contribution in [0.25, 0.3) is 11.3 Å². The number of carbonyl (C=O) groups is 1. The lowest BCUT2D eigenvalue weighted by atomic mass is 10.1. The zero-order valence-corrected chi connectivity index (χ0v) is 15.6. The third-order valence-corrected chi connectivity index (χ3v) is 4.27. The summed E-state index contributed by atoms with van der Waals surface area (Å²) < 4.78 is 49.3. The monoisotopic (exact) mass is 404 g/mol. The molecule has 8 heteroatoms. The van der Waals surface area contributed by atoms with E-state index in [1.165, 1.54) is 13.2 Å². The Hall–Kier alpha value is -3.29. The summed E-state index contributed by atoms with van der Waals surface area (Å²) in [6, 6.07) is 17.2. The van der Waals surface area contributed by atoms with Crippen LogP contribution in [-0.2, 0) is 6.42 Å². The fraction of sp³-hybridized carbons (Fsp3) is 0.238. The molecule has 1 aromatic heterocycles. The van der Waals surface area contributed by atoms with E-state index in [9.17, 15) is 18.0 Å². The second-order valence-electron chi connectivity index (χ2n) is 6.38. The van der Waals surface area contributed by atoms with Crippen molar-refractivity contribution in [3.8, 4) is 17.1 Å². The van der Waals surface area contributed by atoms with Gasteiger partial charge in [-0.1, -0.05) is 47.6 Å². The van der Waals surface area contributed by atoms with Crippen molar-refractivity contribution < 1.29 is 27.2 Å². The Bertz CT molecular complexity index is 938. The predicted molar refractivity (Wildman–Crippen MR) is 101 cm³/mol. The number of nitrogens with zero attached hydrogens (tertiary/aromatic N) is 2. The lowest BCUT2D eigenvalue weighted by Gasteiger charge is -2.23. The highest BCUT2D eigenvalue weighted by Gasteiger charge is 2.34. The van der Waals surface area contributed by atoms with Crippen LogP contribution in [0.1, 0.15) is 16.1 Å². The molecule has 29 heavy (non-hydrogen) atoms. The molecule has 3 aromatic rings. The van der Waals surface area contributed by atoms with Gasteiger partial charge in [-0.15, -0.1) is 0 Å². The SMILES string of the molecule is COc1ccc(CCN(CC(F)(F)F)C(=O)c2cc(-c3ccccc3)on2)cc1. The number of methoxy groups -OCH3 is 1. The van der Waals surface area contributed by atoms with Gasteiger partial charge in [-0.2, -0.15) is 13.2 Å². The minimum Gasteiger partial charge on any atom is -0.497 e. The van der Waals surface area contributed by atoms with Crippen molar-refractivity contribution in [3.63, 3.8) is 0 Å². The minimum atomic E-state index is -4.53. The second-order valence-corrected chi connectivity index (χ2v) is 6.38. The molecule has 0 bridgehead atoms. The number of benzene rings is 2. The molecule has 0 spiro atoms. The molecule has 0 saturated heterocycles. The summed E-state index contributed by atoms with van der Waals surface area (Å²) in [6.45, 7) is -1.48.